The number of hydrogen-bond donors (Lipinski definition) is 2. The largest absolute Gasteiger partial charge is 0.478 e. The van der Waals surface area contributed by atoms with E-state index in [0.29, 0.717) is 11.4 Å². The van der Waals surface area contributed by atoms with Crippen LogP contribution in [-0.2, 0) is 11.2 Å². The lowest BCUT2D eigenvalue weighted by Gasteiger charge is -2.06. The molecule has 0 aliphatic rings. The highest BCUT2D eigenvalue weighted by molar-refractivity contribution is 5.94. The third-order valence-corrected chi connectivity index (χ3v) is 2.71. The molecule has 2 N–H and O–H groups in total. The Kier molecular flexibility index (Phi) is 4.05. The number of aromatic nitrogens is 2. The summed E-state index contributed by atoms with van der Waals surface area (Å²) in [7, 11) is 0. The molecule has 20 heavy (non-hydrogen) atoms. The molecule has 2 rings (SSSR count). The second-order valence-corrected chi connectivity index (χ2v) is 4.26. The average molecular weight is 271 g/mol. The Hall–Kier alpha value is -2.76. The summed E-state index contributed by atoms with van der Waals surface area (Å²) < 4.78 is 0. The molecule has 0 bridgehead atoms. The minimum atomic E-state index is -1.09. The van der Waals surface area contributed by atoms with Crippen LogP contribution in [0.1, 0.15) is 21.6 Å². The molecule has 0 fully saturated rings. The SMILES string of the molecule is Cc1cccnc1CC(=O)Nc1cncc(C(=O)O)c1. The third kappa shape index (κ3) is 3.38. The van der Waals surface area contributed by atoms with Gasteiger partial charge >= 0.3 is 5.97 Å². The van der Waals surface area contributed by atoms with Crippen LogP contribution in [0.15, 0.2) is 36.8 Å². The van der Waals surface area contributed by atoms with Gasteiger partial charge in [0, 0.05) is 12.4 Å². The van der Waals surface area contributed by atoms with Gasteiger partial charge in [-0.2, -0.15) is 0 Å². The molecule has 0 radical (unpaired) electrons. The molecule has 2 aromatic rings. The Bertz CT molecular complexity index is 656. The van der Waals surface area contributed by atoms with Gasteiger partial charge in [-0.25, -0.2) is 4.79 Å². The van der Waals surface area contributed by atoms with Gasteiger partial charge in [-0.3, -0.25) is 14.8 Å². The Labute approximate surface area is 115 Å². The smallest absolute Gasteiger partial charge is 0.337 e. The third-order valence-electron chi connectivity index (χ3n) is 2.71. The van der Waals surface area contributed by atoms with Gasteiger partial charge in [-0.1, -0.05) is 6.07 Å². The average Bonchev–Trinajstić information content (AvgIpc) is 2.41. The lowest BCUT2D eigenvalue weighted by molar-refractivity contribution is -0.115. The number of nitrogens with one attached hydrogen (secondary N) is 1. The van der Waals surface area contributed by atoms with Crippen molar-refractivity contribution in [2.75, 3.05) is 5.32 Å². The predicted octanol–water partition coefficient (Wildman–Crippen LogP) is 1.66. The van der Waals surface area contributed by atoms with Crippen LogP contribution in [0.5, 0.6) is 0 Å². The summed E-state index contributed by atoms with van der Waals surface area (Å²) in [6, 6.07) is 5.04. The monoisotopic (exact) mass is 271 g/mol. The summed E-state index contributed by atoms with van der Waals surface area (Å²) in [5.74, 6) is -1.36. The normalized spacial score (nSPS) is 10.1. The molecule has 0 unspecified atom stereocenters. The zero-order chi connectivity index (χ0) is 14.5. The number of carboxylic acid groups (broad SMARTS) is 1. The number of aromatic carboxylic acids is 1. The van der Waals surface area contributed by atoms with E-state index in [9.17, 15) is 9.59 Å². The zero-order valence-corrected chi connectivity index (χ0v) is 10.8. The summed E-state index contributed by atoms with van der Waals surface area (Å²) in [6.45, 7) is 1.88. The van der Waals surface area contributed by atoms with Crippen molar-refractivity contribution in [1.29, 1.82) is 0 Å². The van der Waals surface area contributed by atoms with E-state index in [-0.39, 0.29) is 17.9 Å². The molecule has 0 aliphatic carbocycles. The van der Waals surface area contributed by atoms with Crippen LogP contribution < -0.4 is 5.32 Å². The van der Waals surface area contributed by atoms with Crippen LogP contribution in [-0.4, -0.2) is 27.0 Å². The molecule has 2 heterocycles. The summed E-state index contributed by atoms with van der Waals surface area (Å²) in [5, 5.41) is 11.5. The zero-order valence-electron chi connectivity index (χ0n) is 10.8. The molecule has 0 saturated carbocycles. The Morgan fingerprint density at radius 3 is 2.85 bits per heavy atom. The summed E-state index contributed by atoms with van der Waals surface area (Å²) in [4.78, 5) is 30.6. The van der Waals surface area contributed by atoms with Crippen LogP contribution in [0.4, 0.5) is 5.69 Å². The van der Waals surface area contributed by atoms with Gasteiger partial charge < -0.3 is 10.4 Å². The van der Waals surface area contributed by atoms with Gasteiger partial charge in [-0.05, 0) is 24.6 Å². The Balaban J connectivity index is 2.07. The van der Waals surface area contributed by atoms with Crippen LogP contribution >= 0.6 is 0 Å². The van der Waals surface area contributed by atoms with Crippen molar-refractivity contribution in [3.8, 4) is 0 Å². The number of rotatable bonds is 4. The number of anilines is 1. The molecule has 6 nitrogen and oxygen atoms in total. The first kappa shape index (κ1) is 13.7. The standard InChI is InChI=1S/C14H13N3O3/c1-9-3-2-4-16-12(9)6-13(18)17-11-5-10(14(19)20)7-15-8-11/h2-5,7-8H,6H2,1H3,(H,17,18)(H,19,20). The van der Waals surface area contributed by atoms with E-state index in [2.05, 4.69) is 15.3 Å². The van der Waals surface area contributed by atoms with Crippen LogP contribution in [0, 0.1) is 6.92 Å². The molecular formula is C14H13N3O3. The van der Waals surface area contributed by atoms with E-state index in [1.807, 2.05) is 13.0 Å². The fraction of sp³-hybridized carbons (Fsp3) is 0.143. The van der Waals surface area contributed by atoms with Gasteiger partial charge in [0.25, 0.3) is 0 Å². The number of carboxylic acids is 1. The highest BCUT2D eigenvalue weighted by Crippen LogP contribution is 2.10. The summed E-state index contributed by atoms with van der Waals surface area (Å²) >= 11 is 0. The quantitative estimate of drug-likeness (QED) is 0.882. The lowest BCUT2D eigenvalue weighted by Crippen LogP contribution is -2.16. The number of hydrogen-bond acceptors (Lipinski definition) is 4. The number of carbonyl (C=O) groups is 2. The van der Waals surface area contributed by atoms with Crippen LogP contribution in [0.25, 0.3) is 0 Å². The number of pyridine rings is 2. The van der Waals surface area contributed by atoms with E-state index in [4.69, 9.17) is 5.11 Å². The fourth-order valence-electron chi connectivity index (χ4n) is 1.69. The van der Waals surface area contributed by atoms with Gasteiger partial charge in [0.15, 0.2) is 0 Å². The Morgan fingerprint density at radius 1 is 1.35 bits per heavy atom. The highest BCUT2D eigenvalue weighted by atomic mass is 16.4. The van der Waals surface area contributed by atoms with Crippen molar-refractivity contribution in [2.45, 2.75) is 13.3 Å². The first-order valence-corrected chi connectivity index (χ1v) is 5.95. The van der Waals surface area contributed by atoms with Gasteiger partial charge in [0.2, 0.25) is 5.91 Å². The maximum Gasteiger partial charge on any atom is 0.337 e. The number of carbonyl (C=O) groups excluding carboxylic acids is 1. The van der Waals surface area contributed by atoms with Crippen LogP contribution in [0.3, 0.4) is 0 Å². The maximum atomic E-state index is 11.9. The minimum absolute atomic E-state index is 0.0248. The molecule has 6 heteroatoms. The molecule has 0 aliphatic heterocycles. The Morgan fingerprint density at radius 2 is 2.15 bits per heavy atom. The molecule has 0 atom stereocenters. The van der Waals surface area contributed by atoms with Crippen molar-refractivity contribution in [2.24, 2.45) is 0 Å². The van der Waals surface area contributed by atoms with Gasteiger partial charge in [0.1, 0.15) is 0 Å². The van der Waals surface area contributed by atoms with Gasteiger partial charge in [0.05, 0.1) is 29.6 Å². The molecular weight excluding hydrogens is 258 g/mol. The van der Waals surface area contributed by atoms with Crippen molar-refractivity contribution >= 4 is 17.6 Å². The van der Waals surface area contributed by atoms with E-state index in [1.54, 1.807) is 12.3 Å². The van der Waals surface area contributed by atoms with Crippen molar-refractivity contribution in [1.82, 2.24) is 9.97 Å². The number of nitrogens with zero attached hydrogens (tertiary/aromatic N) is 2. The second-order valence-electron chi connectivity index (χ2n) is 4.26. The fourth-order valence-corrected chi connectivity index (χ4v) is 1.69. The van der Waals surface area contributed by atoms with E-state index >= 15 is 0 Å². The second kappa shape index (κ2) is 5.92. The number of amides is 1. The lowest BCUT2D eigenvalue weighted by atomic mass is 10.1. The molecule has 102 valence electrons. The first-order chi connectivity index (χ1) is 9.56. The van der Waals surface area contributed by atoms with E-state index in [1.165, 1.54) is 18.5 Å². The molecule has 2 aromatic heterocycles. The topological polar surface area (TPSA) is 92.2 Å². The molecule has 1 amide bonds. The summed E-state index contributed by atoms with van der Waals surface area (Å²) in [5.41, 5.74) is 1.99. The van der Waals surface area contributed by atoms with Crippen molar-refractivity contribution in [3.05, 3.63) is 53.6 Å². The van der Waals surface area contributed by atoms with Crippen LogP contribution in [0.2, 0.25) is 0 Å². The van der Waals surface area contributed by atoms with Crippen molar-refractivity contribution in [3.63, 3.8) is 0 Å². The minimum Gasteiger partial charge on any atom is -0.478 e. The molecule has 0 spiro atoms. The van der Waals surface area contributed by atoms with E-state index < -0.39 is 5.97 Å². The predicted molar refractivity (Wildman–Crippen MR) is 72.5 cm³/mol. The maximum absolute atomic E-state index is 11.9. The van der Waals surface area contributed by atoms with E-state index in [0.717, 1.165) is 5.56 Å². The molecule has 0 saturated heterocycles. The first-order valence-electron chi connectivity index (χ1n) is 5.95. The number of aryl methyl sites for hydroxylation is 1. The summed E-state index contributed by atoms with van der Waals surface area (Å²) in [6.07, 6.45) is 4.38. The highest BCUT2D eigenvalue weighted by Gasteiger charge is 2.09. The van der Waals surface area contributed by atoms with Gasteiger partial charge in [-0.15, -0.1) is 0 Å². The molecule has 0 aromatic carbocycles. The van der Waals surface area contributed by atoms with Crippen molar-refractivity contribution < 1.29 is 14.7 Å².